The van der Waals surface area contributed by atoms with Gasteiger partial charge in [0, 0.05) is 38.4 Å². The molecule has 1 aromatic rings. The predicted molar refractivity (Wildman–Crippen MR) is 76.5 cm³/mol. The fourth-order valence-electron chi connectivity index (χ4n) is 1.59. The molecule has 0 atom stereocenters. The second kappa shape index (κ2) is 7.42. The van der Waals surface area contributed by atoms with Gasteiger partial charge >= 0.3 is 0 Å². The number of amidine groups is 1. The Hall–Kier alpha value is -1.91. The monoisotopic (exact) mass is 250 g/mol. The smallest absolute Gasteiger partial charge is 0.139 e. The molecule has 100 valence electrons. The number of rotatable bonds is 7. The van der Waals surface area contributed by atoms with Crippen molar-refractivity contribution in [3.05, 3.63) is 24.3 Å². The van der Waals surface area contributed by atoms with Crippen LogP contribution in [0.25, 0.3) is 0 Å². The summed E-state index contributed by atoms with van der Waals surface area (Å²) < 4.78 is 0. The topological polar surface area (TPSA) is 73.9 Å². The summed E-state index contributed by atoms with van der Waals surface area (Å²) in [5.41, 5.74) is 7.69. The Kier molecular flexibility index (Phi) is 5.84. The molecule has 0 amide bonds. The van der Waals surface area contributed by atoms with Crippen LogP contribution in [0, 0.1) is 0 Å². The SMILES string of the molecule is CN(C)c1ccc(NCCCCC(N)=NO)cc1. The van der Waals surface area contributed by atoms with E-state index >= 15 is 0 Å². The molecule has 0 aliphatic heterocycles. The van der Waals surface area contributed by atoms with E-state index in [9.17, 15) is 0 Å². The Bertz CT molecular complexity index is 373. The van der Waals surface area contributed by atoms with Crippen LogP contribution in [-0.4, -0.2) is 31.7 Å². The van der Waals surface area contributed by atoms with Crippen LogP contribution in [-0.2, 0) is 0 Å². The van der Waals surface area contributed by atoms with E-state index in [1.807, 2.05) is 14.1 Å². The molecule has 0 aliphatic rings. The number of nitrogens with two attached hydrogens (primary N) is 1. The van der Waals surface area contributed by atoms with E-state index < -0.39 is 0 Å². The van der Waals surface area contributed by atoms with Crippen LogP contribution in [0.4, 0.5) is 11.4 Å². The van der Waals surface area contributed by atoms with Crippen molar-refractivity contribution in [3.63, 3.8) is 0 Å². The summed E-state index contributed by atoms with van der Waals surface area (Å²) in [6.45, 7) is 0.889. The first-order valence-electron chi connectivity index (χ1n) is 6.11. The third-order valence-electron chi connectivity index (χ3n) is 2.70. The van der Waals surface area contributed by atoms with Gasteiger partial charge in [0.1, 0.15) is 5.84 Å². The van der Waals surface area contributed by atoms with Crippen molar-refractivity contribution in [1.29, 1.82) is 0 Å². The highest BCUT2D eigenvalue weighted by Crippen LogP contribution is 2.15. The van der Waals surface area contributed by atoms with Gasteiger partial charge in [-0.3, -0.25) is 0 Å². The number of oxime groups is 1. The lowest BCUT2D eigenvalue weighted by atomic mass is 10.2. The zero-order valence-corrected chi connectivity index (χ0v) is 11.1. The van der Waals surface area contributed by atoms with E-state index in [1.54, 1.807) is 0 Å². The van der Waals surface area contributed by atoms with E-state index in [2.05, 4.69) is 39.6 Å². The molecule has 18 heavy (non-hydrogen) atoms. The zero-order valence-electron chi connectivity index (χ0n) is 11.1. The molecule has 0 spiro atoms. The quantitative estimate of drug-likeness (QED) is 0.228. The molecule has 0 unspecified atom stereocenters. The van der Waals surface area contributed by atoms with Crippen molar-refractivity contribution in [3.8, 4) is 0 Å². The summed E-state index contributed by atoms with van der Waals surface area (Å²) in [5.74, 6) is 0.297. The first kappa shape index (κ1) is 14.2. The second-order valence-electron chi connectivity index (χ2n) is 4.42. The van der Waals surface area contributed by atoms with Crippen molar-refractivity contribution in [1.82, 2.24) is 0 Å². The Labute approximate surface area is 108 Å². The van der Waals surface area contributed by atoms with Crippen LogP contribution in [0.2, 0.25) is 0 Å². The zero-order chi connectivity index (χ0) is 13.4. The molecule has 0 aliphatic carbocycles. The standard InChI is InChI=1S/C13H22N4O/c1-17(2)12-8-6-11(7-9-12)15-10-4-3-5-13(14)16-18/h6-9,15,18H,3-5,10H2,1-2H3,(H2,14,16). The van der Waals surface area contributed by atoms with Gasteiger partial charge in [-0.15, -0.1) is 0 Å². The Morgan fingerprint density at radius 2 is 1.94 bits per heavy atom. The molecular weight excluding hydrogens is 228 g/mol. The van der Waals surface area contributed by atoms with Gasteiger partial charge in [-0.05, 0) is 37.1 Å². The number of hydrogen-bond acceptors (Lipinski definition) is 4. The molecule has 0 aromatic heterocycles. The minimum absolute atomic E-state index is 0.297. The van der Waals surface area contributed by atoms with Crippen LogP contribution in [0.1, 0.15) is 19.3 Å². The largest absolute Gasteiger partial charge is 0.409 e. The van der Waals surface area contributed by atoms with Crippen LogP contribution in [0.5, 0.6) is 0 Å². The number of unbranched alkanes of at least 4 members (excludes halogenated alkanes) is 1. The highest BCUT2D eigenvalue weighted by atomic mass is 16.4. The fourth-order valence-corrected chi connectivity index (χ4v) is 1.59. The number of benzene rings is 1. The number of nitrogens with one attached hydrogen (secondary N) is 1. The van der Waals surface area contributed by atoms with Crippen LogP contribution in [0.15, 0.2) is 29.4 Å². The van der Waals surface area contributed by atoms with Crippen LogP contribution < -0.4 is 16.0 Å². The van der Waals surface area contributed by atoms with Crippen molar-refractivity contribution in [2.45, 2.75) is 19.3 Å². The third-order valence-corrected chi connectivity index (χ3v) is 2.70. The van der Waals surface area contributed by atoms with Crippen molar-refractivity contribution < 1.29 is 5.21 Å². The minimum Gasteiger partial charge on any atom is -0.409 e. The predicted octanol–water partition coefficient (Wildman–Crippen LogP) is 2.08. The summed E-state index contributed by atoms with van der Waals surface area (Å²) in [7, 11) is 4.05. The lowest BCUT2D eigenvalue weighted by Crippen LogP contribution is -2.12. The fraction of sp³-hybridized carbons (Fsp3) is 0.462. The first-order valence-corrected chi connectivity index (χ1v) is 6.11. The van der Waals surface area contributed by atoms with E-state index in [1.165, 1.54) is 5.69 Å². The van der Waals surface area contributed by atoms with Gasteiger partial charge in [0.25, 0.3) is 0 Å². The molecule has 0 saturated heterocycles. The van der Waals surface area contributed by atoms with Gasteiger partial charge in [-0.1, -0.05) is 5.16 Å². The van der Waals surface area contributed by atoms with Crippen LogP contribution >= 0.6 is 0 Å². The summed E-state index contributed by atoms with van der Waals surface area (Å²) in [4.78, 5) is 2.07. The maximum absolute atomic E-state index is 8.38. The Balaban J connectivity index is 2.23. The highest BCUT2D eigenvalue weighted by molar-refractivity contribution is 5.79. The Morgan fingerprint density at radius 1 is 1.28 bits per heavy atom. The van der Waals surface area contributed by atoms with E-state index in [-0.39, 0.29) is 0 Å². The molecule has 5 heteroatoms. The maximum Gasteiger partial charge on any atom is 0.139 e. The second-order valence-corrected chi connectivity index (χ2v) is 4.42. The molecule has 0 radical (unpaired) electrons. The summed E-state index contributed by atoms with van der Waals surface area (Å²) >= 11 is 0. The van der Waals surface area contributed by atoms with Gasteiger partial charge in [0.2, 0.25) is 0 Å². The lowest BCUT2D eigenvalue weighted by Gasteiger charge is -2.13. The molecule has 5 nitrogen and oxygen atoms in total. The number of nitrogens with zero attached hydrogens (tertiary/aromatic N) is 2. The molecule has 1 aromatic carbocycles. The Morgan fingerprint density at radius 3 is 2.50 bits per heavy atom. The van der Waals surface area contributed by atoms with Crippen molar-refractivity contribution >= 4 is 17.2 Å². The van der Waals surface area contributed by atoms with Gasteiger partial charge in [0.15, 0.2) is 0 Å². The minimum atomic E-state index is 0.297. The van der Waals surface area contributed by atoms with Crippen LogP contribution in [0.3, 0.4) is 0 Å². The van der Waals surface area contributed by atoms with Gasteiger partial charge in [-0.25, -0.2) is 0 Å². The molecule has 4 N–H and O–H groups in total. The molecule has 0 heterocycles. The average Bonchev–Trinajstić information content (AvgIpc) is 2.38. The molecule has 0 bridgehead atoms. The summed E-state index contributed by atoms with van der Waals surface area (Å²) in [6.07, 6.45) is 2.54. The molecule has 1 rings (SSSR count). The van der Waals surface area contributed by atoms with E-state index in [0.717, 1.165) is 25.1 Å². The van der Waals surface area contributed by atoms with Gasteiger partial charge < -0.3 is 21.2 Å². The van der Waals surface area contributed by atoms with Crippen molar-refractivity contribution in [2.24, 2.45) is 10.9 Å². The summed E-state index contributed by atoms with van der Waals surface area (Å²) in [6, 6.07) is 8.30. The maximum atomic E-state index is 8.38. The normalized spacial score (nSPS) is 11.3. The van der Waals surface area contributed by atoms with Crippen molar-refractivity contribution in [2.75, 3.05) is 30.9 Å². The van der Waals surface area contributed by atoms with E-state index in [0.29, 0.717) is 12.3 Å². The number of hydrogen-bond donors (Lipinski definition) is 3. The molecular formula is C13H22N4O. The first-order chi connectivity index (χ1) is 8.63. The summed E-state index contributed by atoms with van der Waals surface area (Å²) in [5, 5.41) is 14.7. The van der Waals surface area contributed by atoms with E-state index in [4.69, 9.17) is 10.9 Å². The highest BCUT2D eigenvalue weighted by Gasteiger charge is 1.96. The number of anilines is 2. The third kappa shape index (κ3) is 4.95. The molecule has 0 fully saturated rings. The average molecular weight is 250 g/mol. The van der Waals surface area contributed by atoms with Gasteiger partial charge in [-0.2, -0.15) is 0 Å². The van der Waals surface area contributed by atoms with Gasteiger partial charge in [0.05, 0.1) is 0 Å². The molecule has 0 saturated carbocycles. The lowest BCUT2D eigenvalue weighted by molar-refractivity contribution is 0.316.